The molecule has 0 saturated carbocycles. The number of thiophene rings is 1. The molecule has 0 unspecified atom stereocenters. The molecule has 1 heterocycles. The molecule has 0 bridgehead atoms. The number of aryl methyl sites for hydroxylation is 1. The summed E-state index contributed by atoms with van der Waals surface area (Å²) in [6, 6.07) is 0. The molecule has 0 aromatic carbocycles. The summed E-state index contributed by atoms with van der Waals surface area (Å²) in [7, 11) is 0. The maximum absolute atomic E-state index is 3.30. The second kappa shape index (κ2) is 3.74. The van der Waals surface area contributed by atoms with Gasteiger partial charge in [0.25, 0.3) is 0 Å². The van der Waals surface area contributed by atoms with E-state index >= 15 is 0 Å². The summed E-state index contributed by atoms with van der Waals surface area (Å²) >= 11 is 1.78. The summed E-state index contributed by atoms with van der Waals surface area (Å²) < 4.78 is 0. The van der Waals surface area contributed by atoms with E-state index in [0.717, 1.165) is 13.1 Å². The third-order valence-electron chi connectivity index (χ3n) is 1.53. The predicted molar refractivity (Wildman–Crippen MR) is 46.4 cm³/mol. The molecule has 2 heteroatoms. The Balaban J connectivity index is 2.49. The van der Waals surface area contributed by atoms with Gasteiger partial charge in [-0.25, -0.2) is 0 Å². The molecule has 1 aromatic heterocycles. The highest BCUT2D eigenvalue weighted by atomic mass is 32.1. The van der Waals surface area contributed by atoms with Crippen LogP contribution in [0.2, 0.25) is 0 Å². The van der Waals surface area contributed by atoms with Crippen molar-refractivity contribution in [3.63, 3.8) is 0 Å². The smallest absolute Gasteiger partial charge is 0.0216 e. The van der Waals surface area contributed by atoms with Crippen molar-refractivity contribution in [2.75, 3.05) is 6.54 Å². The van der Waals surface area contributed by atoms with E-state index in [1.807, 2.05) is 0 Å². The zero-order valence-electron chi connectivity index (χ0n) is 6.48. The number of rotatable bonds is 3. The minimum atomic E-state index is 1.02. The van der Waals surface area contributed by atoms with Crippen LogP contribution < -0.4 is 5.32 Å². The number of hydrogen-bond acceptors (Lipinski definition) is 2. The van der Waals surface area contributed by atoms with E-state index in [-0.39, 0.29) is 0 Å². The molecule has 0 spiro atoms. The van der Waals surface area contributed by atoms with Gasteiger partial charge in [-0.15, -0.1) is 0 Å². The van der Waals surface area contributed by atoms with E-state index in [2.05, 4.69) is 29.9 Å². The largest absolute Gasteiger partial charge is 0.313 e. The maximum atomic E-state index is 3.30. The van der Waals surface area contributed by atoms with Gasteiger partial charge in [-0.1, -0.05) is 6.92 Å². The van der Waals surface area contributed by atoms with Crippen LogP contribution in [0.25, 0.3) is 0 Å². The Kier molecular flexibility index (Phi) is 2.90. The molecule has 0 amide bonds. The molecular weight excluding hydrogens is 142 g/mol. The first-order chi connectivity index (χ1) is 4.84. The Morgan fingerprint density at radius 3 is 2.80 bits per heavy atom. The summed E-state index contributed by atoms with van der Waals surface area (Å²) in [5.74, 6) is 0. The summed E-state index contributed by atoms with van der Waals surface area (Å²) in [6.07, 6.45) is 0. The third kappa shape index (κ3) is 1.82. The average Bonchev–Trinajstić information content (AvgIpc) is 2.31. The monoisotopic (exact) mass is 155 g/mol. The van der Waals surface area contributed by atoms with Crippen molar-refractivity contribution >= 4 is 11.3 Å². The van der Waals surface area contributed by atoms with E-state index in [0.29, 0.717) is 0 Å². The van der Waals surface area contributed by atoms with Crippen molar-refractivity contribution in [2.45, 2.75) is 20.4 Å². The van der Waals surface area contributed by atoms with Gasteiger partial charge in [-0.05, 0) is 35.4 Å². The second-order valence-corrected chi connectivity index (χ2v) is 3.10. The molecule has 10 heavy (non-hydrogen) atoms. The van der Waals surface area contributed by atoms with Crippen LogP contribution >= 0.6 is 11.3 Å². The second-order valence-electron chi connectivity index (χ2n) is 2.36. The topological polar surface area (TPSA) is 12.0 Å². The van der Waals surface area contributed by atoms with Crippen molar-refractivity contribution in [1.82, 2.24) is 5.32 Å². The van der Waals surface area contributed by atoms with Gasteiger partial charge in [0.2, 0.25) is 0 Å². The van der Waals surface area contributed by atoms with Crippen molar-refractivity contribution in [3.05, 3.63) is 21.9 Å². The van der Waals surface area contributed by atoms with Crippen LogP contribution in [-0.4, -0.2) is 6.54 Å². The highest BCUT2D eigenvalue weighted by Gasteiger charge is 1.95. The Morgan fingerprint density at radius 1 is 1.50 bits per heavy atom. The normalized spacial score (nSPS) is 10.2. The lowest BCUT2D eigenvalue weighted by Crippen LogP contribution is -2.11. The first-order valence-corrected chi connectivity index (χ1v) is 4.51. The standard InChI is InChI=1S/C8H13NS/c1-3-9-4-8-6-10-5-7(8)2/h5-6,9H,3-4H2,1-2H3. The first kappa shape index (κ1) is 7.76. The predicted octanol–water partition coefficient (Wildman–Crippen LogP) is 2.17. The van der Waals surface area contributed by atoms with Gasteiger partial charge in [-0.3, -0.25) is 0 Å². The van der Waals surface area contributed by atoms with Crippen molar-refractivity contribution in [1.29, 1.82) is 0 Å². The molecule has 1 N–H and O–H groups in total. The number of nitrogens with one attached hydrogen (secondary N) is 1. The number of hydrogen-bond donors (Lipinski definition) is 1. The van der Waals surface area contributed by atoms with Crippen LogP contribution in [0.5, 0.6) is 0 Å². The van der Waals surface area contributed by atoms with E-state index in [1.54, 1.807) is 11.3 Å². The first-order valence-electron chi connectivity index (χ1n) is 3.57. The minimum absolute atomic E-state index is 1.02. The van der Waals surface area contributed by atoms with Gasteiger partial charge in [0, 0.05) is 6.54 Å². The van der Waals surface area contributed by atoms with Crippen LogP contribution in [0.4, 0.5) is 0 Å². The molecule has 0 atom stereocenters. The zero-order valence-corrected chi connectivity index (χ0v) is 7.29. The summed E-state index contributed by atoms with van der Waals surface area (Å²) in [5, 5.41) is 7.69. The molecule has 1 nitrogen and oxygen atoms in total. The zero-order chi connectivity index (χ0) is 7.40. The fraction of sp³-hybridized carbons (Fsp3) is 0.500. The summed E-state index contributed by atoms with van der Waals surface area (Å²) in [5.41, 5.74) is 2.85. The minimum Gasteiger partial charge on any atom is -0.313 e. The van der Waals surface area contributed by atoms with Crippen LogP contribution in [-0.2, 0) is 6.54 Å². The van der Waals surface area contributed by atoms with Gasteiger partial charge >= 0.3 is 0 Å². The van der Waals surface area contributed by atoms with E-state index in [1.165, 1.54) is 11.1 Å². The lowest BCUT2D eigenvalue weighted by Gasteiger charge is -1.98. The Labute approximate surface area is 66.1 Å². The molecule has 56 valence electrons. The fourth-order valence-electron chi connectivity index (χ4n) is 0.828. The van der Waals surface area contributed by atoms with Crippen LogP contribution in [0.3, 0.4) is 0 Å². The highest BCUT2D eigenvalue weighted by molar-refractivity contribution is 7.08. The molecule has 1 rings (SSSR count). The molecule has 0 saturated heterocycles. The van der Waals surface area contributed by atoms with E-state index in [4.69, 9.17) is 0 Å². The Hall–Kier alpha value is -0.340. The van der Waals surface area contributed by atoms with Gasteiger partial charge in [0.05, 0.1) is 0 Å². The molecule has 1 aromatic rings. The van der Waals surface area contributed by atoms with Gasteiger partial charge < -0.3 is 5.32 Å². The van der Waals surface area contributed by atoms with Crippen molar-refractivity contribution < 1.29 is 0 Å². The Morgan fingerprint density at radius 2 is 2.30 bits per heavy atom. The molecule has 0 aliphatic rings. The summed E-state index contributed by atoms with van der Waals surface area (Å²) in [4.78, 5) is 0. The molecule has 0 radical (unpaired) electrons. The van der Waals surface area contributed by atoms with E-state index in [9.17, 15) is 0 Å². The lowest BCUT2D eigenvalue weighted by molar-refractivity contribution is 0.726. The Bertz CT molecular complexity index is 193. The van der Waals surface area contributed by atoms with Crippen molar-refractivity contribution in [2.24, 2.45) is 0 Å². The fourth-order valence-corrected chi connectivity index (χ4v) is 1.68. The van der Waals surface area contributed by atoms with Gasteiger partial charge in [0.1, 0.15) is 0 Å². The third-order valence-corrected chi connectivity index (χ3v) is 2.44. The van der Waals surface area contributed by atoms with Crippen LogP contribution in [0.1, 0.15) is 18.1 Å². The quantitative estimate of drug-likeness (QED) is 0.705. The maximum Gasteiger partial charge on any atom is 0.0216 e. The molecule has 0 aliphatic carbocycles. The average molecular weight is 155 g/mol. The SMILES string of the molecule is CCNCc1cscc1C. The van der Waals surface area contributed by atoms with Gasteiger partial charge in [-0.2, -0.15) is 11.3 Å². The highest BCUT2D eigenvalue weighted by Crippen LogP contribution is 2.12. The van der Waals surface area contributed by atoms with Gasteiger partial charge in [0.15, 0.2) is 0 Å². The molecule has 0 aliphatic heterocycles. The molecule has 0 fully saturated rings. The van der Waals surface area contributed by atoms with E-state index < -0.39 is 0 Å². The summed E-state index contributed by atoms with van der Waals surface area (Å²) in [6.45, 7) is 6.35. The lowest BCUT2D eigenvalue weighted by atomic mass is 10.2. The van der Waals surface area contributed by atoms with Crippen LogP contribution in [0.15, 0.2) is 10.8 Å². The van der Waals surface area contributed by atoms with Crippen LogP contribution in [0, 0.1) is 6.92 Å². The molecular formula is C8H13NS. The van der Waals surface area contributed by atoms with Crippen molar-refractivity contribution in [3.8, 4) is 0 Å².